The summed E-state index contributed by atoms with van der Waals surface area (Å²) in [5.74, 6) is 0.321. The van der Waals surface area contributed by atoms with Crippen LogP contribution in [0.1, 0.15) is 66.4 Å². The average molecular weight is 355 g/mol. The van der Waals surface area contributed by atoms with Crippen LogP contribution in [-0.2, 0) is 5.54 Å². The monoisotopic (exact) mass is 355 g/mol. The normalized spacial score (nSPS) is 20.6. The van der Waals surface area contributed by atoms with Crippen molar-refractivity contribution in [3.8, 4) is 6.07 Å². The van der Waals surface area contributed by atoms with E-state index in [4.69, 9.17) is 0 Å². The molecular weight excluding hydrogens is 334 g/mol. The molecule has 130 valence electrons. The van der Waals surface area contributed by atoms with E-state index in [0.29, 0.717) is 10.8 Å². The van der Waals surface area contributed by atoms with Gasteiger partial charge in [0.15, 0.2) is 5.54 Å². The average Bonchev–Trinajstić information content (AvgIpc) is 3.05. The third-order valence-electron chi connectivity index (χ3n) is 5.35. The third kappa shape index (κ3) is 3.19. The molecule has 1 N–H and O–H groups in total. The van der Waals surface area contributed by atoms with E-state index in [1.54, 1.807) is 4.68 Å². The van der Waals surface area contributed by atoms with Crippen molar-refractivity contribution in [2.75, 3.05) is 0 Å². The molecular formula is C18H21N5OS. The van der Waals surface area contributed by atoms with Crippen LogP contribution in [0.5, 0.6) is 0 Å². The zero-order valence-electron chi connectivity index (χ0n) is 14.0. The first-order valence-corrected chi connectivity index (χ1v) is 9.78. The highest BCUT2D eigenvalue weighted by atomic mass is 32.1. The molecule has 2 aromatic heterocycles. The van der Waals surface area contributed by atoms with Crippen LogP contribution >= 0.6 is 11.3 Å². The molecule has 1 amide bonds. The predicted molar refractivity (Wildman–Crippen MR) is 93.9 cm³/mol. The van der Waals surface area contributed by atoms with E-state index in [1.165, 1.54) is 30.6 Å². The Morgan fingerprint density at radius 1 is 1.40 bits per heavy atom. The van der Waals surface area contributed by atoms with Gasteiger partial charge in [0, 0.05) is 0 Å². The summed E-state index contributed by atoms with van der Waals surface area (Å²) in [4.78, 5) is 13.3. The summed E-state index contributed by atoms with van der Waals surface area (Å²) >= 11 is 1.44. The molecule has 25 heavy (non-hydrogen) atoms. The molecule has 0 aromatic carbocycles. The van der Waals surface area contributed by atoms with Crippen molar-refractivity contribution in [3.63, 3.8) is 0 Å². The highest BCUT2D eigenvalue weighted by molar-refractivity contribution is 7.12. The zero-order chi connectivity index (χ0) is 17.3. The van der Waals surface area contributed by atoms with Crippen molar-refractivity contribution in [3.05, 3.63) is 34.3 Å². The first kappa shape index (κ1) is 16.3. The van der Waals surface area contributed by atoms with Crippen molar-refractivity contribution in [2.45, 2.75) is 56.5 Å². The quantitative estimate of drug-likeness (QED) is 0.891. The summed E-state index contributed by atoms with van der Waals surface area (Å²) < 4.78 is 1.69. The van der Waals surface area contributed by atoms with Gasteiger partial charge in [0.1, 0.15) is 5.69 Å². The number of carbonyl (C=O) groups is 1. The standard InChI is InChI=1S/C18H21N5OS/c19-12-18(8-9-18)23-11-14(21-22-23)16(13-5-2-1-3-6-13)20-17(24)15-7-4-10-25-15/h4,7,10-11,13,16H,1-3,5-6,8-9H2,(H,20,24). The van der Waals surface area contributed by atoms with Crippen LogP contribution in [0.25, 0.3) is 0 Å². The number of hydrogen-bond donors (Lipinski definition) is 1. The van der Waals surface area contributed by atoms with Crippen molar-refractivity contribution >= 4 is 17.2 Å². The van der Waals surface area contributed by atoms with Gasteiger partial charge in [0.2, 0.25) is 0 Å². The molecule has 1 atom stereocenters. The van der Waals surface area contributed by atoms with Gasteiger partial charge in [0.05, 0.1) is 23.2 Å². The number of hydrogen-bond acceptors (Lipinski definition) is 5. The Kier molecular flexibility index (Phi) is 4.30. The molecule has 2 aliphatic rings. The minimum absolute atomic E-state index is 0.0541. The minimum Gasteiger partial charge on any atom is -0.343 e. The summed E-state index contributed by atoms with van der Waals surface area (Å²) in [7, 11) is 0. The van der Waals surface area contributed by atoms with Crippen molar-refractivity contribution in [1.29, 1.82) is 5.26 Å². The number of amides is 1. The Hall–Kier alpha value is -2.20. The molecule has 2 fully saturated rings. The Labute approximate surface area is 150 Å². The maximum absolute atomic E-state index is 12.6. The van der Waals surface area contributed by atoms with Gasteiger partial charge in [-0.05, 0) is 43.0 Å². The van der Waals surface area contributed by atoms with Gasteiger partial charge in [-0.2, -0.15) is 5.26 Å². The number of nitriles is 1. The second-order valence-electron chi connectivity index (χ2n) is 7.06. The maximum atomic E-state index is 12.6. The molecule has 6 nitrogen and oxygen atoms in total. The maximum Gasteiger partial charge on any atom is 0.261 e. The van der Waals surface area contributed by atoms with E-state index in [2.05, 4.69) is 21.7 Å². The van der Waals surface area contributed by atoms with Gasteiger partial charge in [-0.1, -0.05) is 30.5 Å². The molecule has 2 saturated carbocycles. The smallest absolute Gasteiger partial charge is 0.261 e. The van der Waals surface area contributed by atoms with E-state index < -0.39 is 5.54 Å². The van der Waals surface area contributed by atoms with E-state index >= 15 is 0 Å². The SMILES string of the molecule is N#CC1(n2cc(C(NC(=O)c3cccs3)C3CCCCC3)nn2)CC1. The van der Waals surface area contributed by atoms with E-state index in [-0.39, 0.29) is 11.9 Å². The molecule has 2 aliphatic carbocycles. The van der Waals surface area contributed by atoms with Crippen LogP contribution in [-0.4, -0.2) is 20.9 Å². The zero-order valence-corrected chi connectivity index (χ0v) is 14.8. The van der Waals surface area contributed by atoms with Crippen LogP contribution in [0, 0.1) is 17.2 Å². The van der Waals surface area contributed by atoms with Gasteiger partial charge in [-0.25, -0.2) is 4.68 Å². The number of thiophene rings is 1. The van der Waals surface area contributed by atoms with E-state index in [0.717, 1.165) is 31.4 Å². The largest absolute Gasteiger partial charge is 0.343 e. The fourth-order valence-corrected chi connectivity index (χ4v) is 4.29. The highest BCUT2D eigenvalue weighted by Gasteiger charge is 2.47. The number of nitrogens with zero attached hydrogens (tertiary/aromatic N) is 4. The van der Waals surface area contributed by atoms with Gasteiger partial charge < -0.3 is 5.32 Å². The topological polar surface area (TPSA) is 83.6 Å². The lowest BCUT2D eigenvalue weighted by Gasteiger charge is -2.29. The van der Waals surface area contributed by atoms with Crippen LogP contribution < -0.4 is 5.32 Å². The lowest BCUT2D eigenvalue weighted by atomic mass is 9.82. The first-order chi connectivity index (χ1) is 12.2. The van der Waals surface area contributed by atoms with Gasteiger partial charge >= 0.3 is 0 Å². The molecule has 0 aliphatic heterocycles. The number of carbonyl (C=O) groups excluding carboxylic acids is 1. The molecule has 7 heteroatoms. The lowest BCUT2D eigenvalue weighted by molar-refractivity contribution is 0.0915. The number of aromatic nitrogens is 3. The second-order valence-corrected chi connectivity index (χ2v) is 8.01. The Bertz CT molecular complexity index is 781. The van der Waals surface area contributed by atoms with E-state index in [9.17, 15) is 10.1 Å². The summed E-state index contributed by atoms with van der Waals surface area (Å²) in [6.45, 7) is 0. The van der Waals surface area contributed by atoms with Crippen LogP contribution in [0.2, 0.25) is 0 Å². The number of nitrogens with one attached hydrogen (secondary N) is 1. The van der Waals surface area contributed by atoms with Crippen LogP contribution in [0.3, 0.4) is 0 Å². The Morgan fingerprint density at radius 3 is 2.84 bits per heavy atom. The lowest BCUT2D eigenvalue weighted by Crippen LogP contribution is -2.34. The number of rotatable bonds is 5. The van der Waals surface area contributed by atoms with Crippen LogP contribution in [0.4, 0.5) is 0 Å². The van der Waals surface area contributed by atoms with Crippen molar-refractivity contribution < 1.29 is 4.79 Å². The summed E-state index contributed by atoms with van der Waals surface area (Å²) in [6, 6.07) is 5.92. The van der Waals surface area contributed by atoms with E-state index in [1.807, 2.05) is 23.7 Å². The molecule has 0 saturated heterocycles. The van der Waals surface area contributed by atoms with Crippen LogP contribution in [0.15, 0.2) is 23.7 Å². The van der Waals surface area contributed by atoms with Gasteiger partial charge in [-0.3, -0.25) is 4.79 Å². The minimum atomic E-state index is -0.514. The Morgan fingerprint density at radius 2 is 2.20 bits per heavy atom. The molecule has 2 heterocycles. The summed E-state index contributed by atoms with van der Waals surface area (Å²) in [5, 5.41) is 23.0. The molecule has 2 aromatic rings. The fourth-order valence-electron chi connectivity index (χ4n) is 3.66. The molecule has 0 radical (unpaired) electrons. The first-order valence-electron chi connectivity index (χ1n) is 8.90. The molecule has 0 spiro atoms. The van der Waals surface area contributed by atoms with Gasteiger partial charge in [0.25, 0.3) is 5.91 Å². The molecule has 1 unspecified atom stereocenters. The summed E-state index contributed by atoms with van der Waals surface area (Å²) in [6.07, 6.45) is 9.32. The van der Waals surface area contributed by atoms with Gasteiger partial charge in [-0.15, -0.1) is 16.4 Å². The fraction of sp³-hybridized carbons (Fsp3) is 0.556. The van der Waals surface area contributed by atoms with Crippen molar-refractivity contribution in [2.24, 2.45) is 5.92 Å². The van der Waals surface area contributed by atoms with Crippen molar-refractivity contribution in [1.82, 2.24) is 20.3 Å². The highest BCUT2D eigenvalue weighted by Crippen LogP contribution is 2.43. The molecule has 0 bridgehead atoms. The Balaban J connectivity index is 1.59. The molecule has 4 rings (SSSR count). The summed E-state index contributed by atoms with van der Waals surface area (Å²) in [5.41, 5.74) is 0.262. The second kappa shape index (κ2) is 6.60. The third-order valence-corrected chi connectivity index (χ3v) is 6.22. The predicted octanol–water partition coefficient (Wildman–Crippen LogP) is 3.40.